The number of amides is 1. The first-order valence-electron chi connectivity index (χ1n) is 12.9. The third-order valence-electron chi connectivity index (χ3n) is 9.58. The number of aliphatic hydroxyl groups excluding tert-OH is 1. The van der Waals surface area contributed by atoms with Gasteiger partial charge >= 0.3 is 11.9 Å². The Morgan fingerprint density at radius 3 is 2.60 bits per heavy atom. The Balaban J connectivity index is 1.35. The van der Waals surface area contributed by atoms with Gasteiger partial charge in [-0.15, -0.1) is 0 Å². The lowest BCUT2D eigenvalue weighted by molar-refractivity contribution is -0.143. The van der Waals surface area contributed by atoms with Crippen molar-refractivity contribution in [3.05, 3.63) is 11.6 Å². The zero-order chi connectivity index (χ0) is 25.4. The molecule has 194 valence electrons. The van der Waals surface area contributed by atoms with E-state index in [9.17, 15) is 19.5 Å². The molecule has 4 N–H and O–H groups in total. The van der Waals surface area contributed by atoms with Crippen molar-refractivity contribution in [2.24, 2.45) is 33.7 Å². The molecule has 0 radical (unpaired) electrons. The molecule has 0 aromatic heterocycles. The molecule has 0 bridgehead atoms. The van der Waals surface area contributed by atoms with Crippen LogP contribution in [0, 0.1) is 28.6 Å². The van der Waals surface area contributed by atoms with Gasteiger partial charge in [-0.3, -0.25) is 9.59 Å². The highest BCUT2D eigenvalue weighted by Crippen LogP contribution is 2.65. The first-order chi connectivity index (χ1) is 16.5. The van der Waals surface area contributed by atoms with Gasteiger partial charge in [-0.1, -0.05) is 24.6 Å². The van der Waals surface area contributed by atoms with Crippen molar-refractivity contribution in [2.45, 2.75) is 90.2 Å². The molecule has 4 aliphatic carbocycles. The van der Waals surface area contributed by atoms with Crippen molar-refractivity contribution in [1.82, 2.24) is 5.32 Å². The normalized spacial score (nSPS) is 37.9. The number of carboxylic acid groups (broad SMARTS) is 2. The molecule has 0 heterocycles. The fourth-order valence-electron chi connectivity index (χ4n) is 7.55. The fraction of sp³-hybridized carbons (Fsp3) is 0.769. The van der Waals surface area contributed by atoms with E-state index >= 15 is 0 Å². The largest absolute Gasteiger partial charge is 0.481 e. The number of allylic oxidation sites excluding steroid dienone is 2. The van der Waals surface area contributed by atoms with Crippen LogP contribution < -0.4 is 5.32 Å². The van der Waals surface area contributed by atoms with Gasteiger partial charge < -0.3 is 25.5 Å². The molecule has 0 aliphatic heterocycles. The number of rotatable bonds is 8. The van der Waals surface area contributed by atoms with E-state index in [0.717, 1.165) is 57.1 Å². The van der Waals surface area contributed by atoms with Crippen LogP contribution in [0.4, 0.5) is 0 Å². The van der Waals surface area contributed by atoms with Crippen molar-refractivity contribution in [2.75, 3.05) is 6.61 Å². The van der Waals surface area contributed by atoms with Gasteiger partial charge in [-0.05, 0) is 92.4 Å². The van der Waals surface area contributed by atoms with Crippen LogP contribution in [-0.4, -0.2) is 57.6 Å². The summed E-state index contributed by atoms with van der Waals surface area (Å²) in [5, 5.41) is 35.0. The minimum Gasteiger partial charge on any atom is -0.481 e. The quantitative estimate of drug-likeness (QED) is 0.382. The van der Waals surface area contributed by atoms with Crippen molar-refractivity contribution in [3.8, 4) is 0 Å². The van der Waals surface area contributed by atoms with Crippen molar-refractivity contribution >= 4 is 23.6 Å². The number of oxime groups is 1. The standard InChI is InChI=1S/C26H38N2O7/c1-25-11-9-16(28-35-14-22(30)27-20(24(33)34)6-8-23(31)32)13-15(25)3-4-17-18-5-7-21(29)26(18,2)12-10-19(17)25/h13,17-21,29H,3-12,14H2,1-2H3,(H,27,30)(H,31,32)(H,33,34)/b28-16+/t17-,18+,19-,20+,21+,25+,26+/m1/s1. The number of hydrogen-bond donors (Lipinski definition) is 4. The van der Waals surface area contributed by atoms with Gasteiger partial charge in [0.1, 0.15) is 6.04 Å². The summed E-state index contributed by atoms with van der Waals surface area (Å²) >= 11 is 0. The number of carbonyl (C=O) groups is 3. The highest BCUT2D eigenvalue weighted by molar-refractivity contribution is 5.96. The molecular formula is C26H38N2O7. The molecule has 0 unspecified atom stereocenters. The third-order valence-corrected chi connectivity index (χ3v) is 9.58. The molecule has 3 fully saturated rings. The first kappa shape index (κ1) is 25.7. The highest BCUT2D eigenvalue weighted by Gasteiger charge is 2.58. The SMILES string of the molecule is C[C@]12CC[C@@H]3[C@H](CCC4=C/C(=N/OCC(=O)N[C@@H](CCC(=O)O)C(=O)O)CC[C@@]43C)[C@@H]1CC[C@@H]2O. The number of hydrogen-bond acceptors (Lipinski definition) is 6. The second-order valence-corrected chi connectivity index (χ2v) is 11.4. The number of nitrogens with zero attached hydrogens (tertiary/aromatic N) is 1. The number of aliphatic carboxylic acids is 2. The van der Waals surface area contributed by atoms with E-state index in [1.165, 1.54) is 5.57 Å². The molecule has 0 aromatic rings. The van der Waals surface area contributed by atoms with Crippen molar-refractivity contribution < 1.29 is 34.5 Å². The van der Waals surface area contributed by atoms with Gasteiger partial charge in [0.25, 0.3) is 5.91 Å². The minimum absolute atomic E-state index is 0.0711. The topological polar surface area (TPSA) is 146 Å². The molecule has 0 aromatic carbocycles. The maximum absolute atomic E-state index is 12.1. The van der Waals surface area contributed by atoms with E-state index in [-0.39, 0.29) is 29.8 Å². The molecule has 1 amide bonds. The monoisotopic (exact) mass is 490 g/mol. The predicted octanol–water partition coefficient (Wildman–Crippen LogP) is 3.12. The smallest absolute Gasteiger partial charge is 0.326 e. The van der Waals surface area contributed by atoms with E-state index in [1.54, 1.807) is 0 Å². The second kappa shape index (κ2) is 9.91. The van der Waals surface area contributed by atoms with Crippen LogP contribution in [0.2, 0.25) is 0 Å². The van der Waals surface area contributed by atoms with E-state index in [4.69, 9.17) is 15.1 Å². The molecule has 9 nitrogen and oxygen atoms in total. The van der Waals surface area contributed by atoms with Gasteiger partial charge in [0, 0.05) is 6.42 Å². The van der Waals surface area contributed by atoms with Crippen LogP contribution in [0.5, 0.6) is 0 Å². The van der Waals surface area contributed by atoms with Crippen LogP contribution in [-0.2, 0) is 19.2 Å². The molecule has 9 heteroatoms. The lowest BCUT2D eigenvalue weighted by Gasteiger charge is -2.57. The van der Waals surface area contributed by atoms with Crippen LogP contribution in [0.15, 0.2) is 16.8 Å². The Labute approximate surface area is 206 Å². The summed E-state index contributed by atoms with van der Waals surface area (Å²) in [4.78, 5) is 39.2. The average molecular weight is 491 g/mol. The number of nitrogens with one attached hydrogen (secondary N) is 1. The molecule has 0 spiro atoms. The van der Waals surface area contributed by atoms with E-state index in [2.05, 4.69) is 30.4 Å². The van der Waals surface area contributed by atoms with Crippen LogP contribution in [0.1, 0.15) is 78.1 Å². The third kappa shape index (κ3) is 4.97. The number of fused-ring (bicyclic) bond motifs is 5. The maximum Gasteiger partial charge on any atom is 0.326 e. The fourth-order valence-corrected chi connectivity index (χ4v) is 7.55. The van der Waals surface area contributed by atoms with E-state index in [0.29, 0.717) is 17.8 Å². The Hall–Kier alpha value is -2.42. The number of carbonyl (C=O) groups excluding carboxylic acids is 1. The van der Waals surface area contributed by atoms with Gasteiger partial charge in [0.05, 0.1) is 11.8 Å². The van der Waals surface area contributed by atoms with E-state index < -0.39 is 30.5 Å². The van der Waals surface area contributed by atoms with Crippen LogP contribution in [0.25, 0.3) is 0 Å². The maximum atomic E-state index is 12.1. The summed E-state index contributed by atoms with van der Waals surface area (Å²) in [5.41, 5.74) is 2.40. The Morgan fingerprint density at radius 2 is 1.89 bits per heavy atom. The van der Waals surface area contributed by atoms with Gasteiger partial charge in [0.15, 0.2) is 6.61 Å². The van der Waals surface area contributed by atoms with Crippen LogP contribution in [0.3, 0.4) is 0 Å². The molecule has 4 rings (SSSR count). The Morgan fingerprint density at radius 1 is 1.11 bits per heavy atom. The number of carboxylic acids is 2. The van der Waals surface area contributed by atoms with Crippen molar-refractivity contribution in [3.63, 3.8) is 0 Å². The zero-order valence-corrected chi connectivity index (χ0v) is 20.7. The molecule has 7 atom stereocenters. The summed E-state index contributed by atoms with van der Waals surface area (Å²) in [6.07, 6.45) is 9.61. The Kier molecular flexibility index (Phi) is 7.27. The van der Waals surface area contributed by atoms with Crippen molar-refractivity contribution in [1.29, 1.82) is 0 Å². The molecule has 0 saturated heterocycles. The molecule has 3 saturated carbocycles. The van der Waals surface area contributed by atoms with Gasteiger partial charge in [0.2, 0.25) is 0 Å². The highest BCUT2D eigenvalue weighted by atomic mass is 16.6. The summed E-state index contributed by atoms with van der Waals surface area (Å²) < 4.78 is 0. The van der Waals surface area contributed by atoms with Gasteiger partial charge in [-0.25, -0.2) is 4.79 Å². The predicted molar refractivity (Wildman–Crippen MR) is 128 cm³/mol. The van der Waals surface area contributed by atoms with Gasteiger partial charge in [-0.2, -0.15) is 0 Å². The minimum atomic E-state index is -1.28. The van der Waals surface area contributed by atoms with Crippen LogP contribution >= 0.6 is 0 Å². The molecular weight excluding hydrogens is 452 g/mol. The molecule has 35 heavy (non-hydrogen) atoms. The zero-order valence-electron chi connectivity index (χ0n) is 20.7. The summed E-state index contributed by atoms with van der Waals surface area (Å²) in [5.74, 6) is -1.16. The van der Waals surface area contributed by atoms with E-state index in [1.807, 2.05) is 0 Å². The second-order valence-electron chi connectivity index (χ2n) is 11.4. The Bertz CT molecular complexity index is 931. The first-order valence-corrected chi connectivity index (χ1v) is 12.9. The summed E-state index contributed by atoms with van der Waals surface area (Å²) in [7, 11) is 0. The summed E-state index contributed by atoms with van der Waals surface area (Å²) in [6, 6.07) is -1.28. The average Bonchev–Trinajstić information content (AvgIpc) is 3.11. The number of aliphatic hydroxyl groups is 1. The summed E-state index contributed by atoms with van der Waals surface area (Å²) in [6.45, 7) is 4.26. The molecule has 4 aliphatic rings. The lowest BCUT2D eigenvalue weighted by Crippen LogP contribution is -2.51. The lowest BCUT2D eigenvalue weighted by atomic mass is 9.47.